The minimum Gasteiger partial charge on any atom is -0.370 e. The molecule has 2 aliphatic carbocycles. The molecule has 30 heavy (non-hydrogen) atoms. The first kappa shape index (κ1) is 18.7. The van der Waals surface area contributed by atoms with Crippen LogP contribution in [0.2, 0.25) is 0 Å². The van der Waals surface area contributed by atoms with Crippen LogP contribution in [-0.4, -0.2) is 54.1 Å². The Labute approximate surface area is 174 Å². The van der Waals surface area contributed by atoms with E-state index in [0.717, 1.165) is 35.5 Å². The molecule has 2 saturated heterocycles. The van der Waals surface area contributed by atoms with Crippen LogP contribution in [0, 0.1) is 10.8 Å². The van der Waals surface area contributed by atoms with Crippen molar-refractivity contribution >= 4 is 11.7 Å². The first-order valence-corrected chi connectivity index (χ1v) is 10.9. The van der Waals surface area contributed by atoms with E-state index in [2.05, 4.69) is 29.4 Å². The van der Waals surface area contributed by atoms with Crippen LogP contribution in [0.15, 0.2) is 32.9 Å². The molecule has 3 fully saturated rings. The number of likely N-dealkylation sites (tertiary alicyclic amines) is 1. The van der Waals surface area contributed by atoms with E-state index >= 15 is 0 Å². The van der Waals surface area contributed by atoms with E-state index in [0.29, 0.717) is 51.9 Å². The van der Waals surface area contributed by atoms with Crippen molar-refractivity contribution < 1.29 is 18.7 Å². The molecule has 8 heteroatoms. The lowest BCUT2D eigenvalue weighted by Crippen LogP contribution is -2.67. The van der Waals surface area contributed by atoms with Crippen molar-refractivity contribution in [1.82, 2.24) is 10.2 Å². The van der Waals surface area contributed by atoms with E-state index < -0.39 is 22.6 Å². The number of halogens is 1. The van der Waals surface area contributed by atoms with E-state index in [9.17, 15) is 14.0 Å². The fourth-order valence-corrected chi connectivity index (χ4v) is 6.33. The highest BCUT2D eigenvalue weighted by molar-refractivity contribution is 6.00. The van der Waals surface area contributed by atoms with Gasteiger partial charge in [0, 0.05) is 23.3 Å². The predicted octanol–water partition coefficient (Wildman–Crippen LogP) is 2.79. The summed E-state index contributed by atoms with van der Waals surface area (Å²) in [4.78, 5) is 27.5. The molecule has 160 valence electrons. The first-order chi connectivity index (χ1) is 14.2. The molecule has 0 unspecified atom stereocenters. The van der Waals surface area contributed by atoms with Crippen LogP contribution in [0.5, 0.6) is 0 Å². The average Bonchev–Trinajstić information content (AvgIpc) is 3.22. The molecule has 0 radical (unpaired) electrons. The van der Waals surface area contributed by atoms with Crippen molar-refractivity contribution in [2.45, 2.75) is 63.6 Å². The molecular formula is C22H27FN4O3. The highest BCUT2D eigenvalue weighted by atomic mass is 19.1. The molecule has 1 saturated carbocycles. The molecule has 0 bridgehead atoms. The molecular weight excluding hydrogens is 387 g/mol. The minimum absolute atomic E-state index is 0.104. The molecule has 6 rings (SSSR count). The third kappa shape index (κ3) is 2.34. The van der Waals surface area contributed by atoms with Gasteiger partial charge in [0.1, 0.15) is 5.60 Å². The number of carbonyl (C=O) groups excluding carboxylic acids is 2. The smallest absolute Gasteiger partial charge is 0.260 e. The number of azo groups is 1. The lowest BCUT2D eigenvalue weighted by molar-refractivity contribution is -0.174. The fourth-order valence-electron chi connectivity index (χ4n) is 6.33. The number of allylic oxidation sites excluding steroid dienone is 1. The standard InChI is InChI=1S/C22H27FN4O3/c1-19(2)6-14-16(15(28)7-19)21(13-8-24-26-17(13)25-14)9-20(30-12-21)10-27(11-20)18(29)22(23)4-3-5-22/h25H,3-12H2,1-2H3/t21-/m0/s1. The molecule has 0 aromatic heterocycles. The number of Topliss-reactive ketones (excluding diaryl/α,β-unsaturated/α-hetero) is 1. The second kappa shape index (κ2) is 5.58. The van der Waals surface area contributed by atoms with Crippen LogP contribution in [0.25, 0.3) is 0 Å². The number of ether oxygens (including phenoxy) is 1. The van der Waals surface area contributed by atoms with Gasteiger partial charge in [0.25, 0.3) is 5.91 Å². The molecule has 2 spiro atoms. The van der Waals surface area contributed by atoms with Gasteiger partial charge in [-0.3, -0.25) is 9.59 Å². The largest absolute Gasteiger partial charge is 0.370 e. The van der Waals surface area contributed by atoms with Crippen molar-refractivity contribution in [1.29, 1.82) is 0 Å². The lowest BCUT2D eigenvalue weighted by atomic mass is 9.61. The van der Waals surface area contributed by atoms with E-state index in [4.69, 9.17) is 4.74 Å². The summed E-state index contributed by atoms with van der Waals surface area (Å²) in [5, 5.41) is 11.9. The number of rotatable bonds is 1. The second-order valence-corrected chi connectivity index (χ2v) is 10.9. The van der Waals surface area contributed by atoms with Gasteiger partial charge in [0.2, 0.25) is 0 Å². The summed E-state index contributed by atoms with van der Waals surface area (Å²) in [6.07, 6.45) is 3.34. The molecule has 0 aromatic carbocycles. The number of nitrogens with one attached hydrogen (secondary N) is 1. The van der Waals surface area contributed by atoms with Crippen molar-refractivity contribution in [3.63, 3.8) is 0 Å². The number of amides is 1. The zero-order valence-electron chi connectivity index (χ0n) is 17.5. The molecule has 4 heterocycles. The highest BCUT2D eigenvalue weighted by Crippen LogP contribution is 2.59. The molecule has 4 aliphatic heterocycles. The monoisotopic (exact) mass is 414 g/mol. The van der Waals surface area contributed by atoms with Crippen molar-refractivity contribution in [2.24, 2.45) is 21.1 Å². The molecule has 0 aromatic rings. The Bertz CT molecular complexity index is 971. The summed E-state index contributed by atoms with van der Waals surface area (Å²) in [6.45, 7) is 5.87. The van der Waals surface area contributed by atoms with Crippen LogP contribution in [-0.2, 0) is 14.3 Å². The highest BCUT2D eigenvalue weighted by Gasteiger charge is 2.64. The second-order valence-electron chi connectivity index (χ2n) is 10.9. The van der Waals surface area contributed by atoms with E-state index in [1.54, 1.807) is 4.90 Å². The lowest BCUT2D eigenvalue weighted by Gasteiger charge is -2.51. The van der Waals surface area contributed by atoms with Gasteiger partial charge < -0.3 is 15.0 Å². The predicted molar refractivity (Wildman–Crippen MR) is 105 cm³/mol. The summed E-state index contributed by atoms with van der Waals surface area (Å²) in [5.41, 5.74) is -0.0297. The maximum absolute atomic E-state index is 14.6. The van der Waals surface area contributed by atoms with Gasteiger partial charge in [-0.1, -0.05) is 13.8 Å². The van der Waals surface area contributed by atoms with Crippen LogP contribution < -0.4 is 5.32 Å². The maximum atomic E-state index is 14.6. The van der Waals surface area contributed by atoms with Gasteiger partial charge in [-0.25, -0.2) is 4.39 Å². The summed E-state index contributed by atoms with van der Waals surface area (Å²) in [7, 11) is 0. The Hall–Kier alpha value is -2.09. The number of hydrogen-bond acceptors (Lipinski definition) is 6. The van der Waals surface area contributed by atoms with Crippen molar-refractivity contribution in [3.05, 3.63) is 22.7 Å². The fraction of sp³-hybridized carbons (Fsp3) is 0.727. The number of ketones is 1. The summed E-state index contributed by atoms with van der Waals surface area (Å²) in [5.74, 6) is 0.525. The number of nitrogens with zero attached hydrogens (tertiary/aromatic N) is 3. The Balaban J connectivity index is 1.31. The summed E-state index contributed by atoms with van der Waals surface area (Å²) in [6, 6.07) is 0. The van der Waals surface area contributed by atoms with Gasteiger partial charge in [0.15, 0.2) is 17.3 Å². The van der Waals surface area contributed by atoms with Gasteiger partial charge >= 0.3 is 0 Å². The zero-order valence-corrected chi connectivity index (χ0v) is 17.5. The van der Waals surface area contributed by atoms with Gasteiger partial charge in [-0.2, -0.15) is 5.11 Å². The van der Waals surface area contributed by atoms with Crippen LogP contribution >= 0.6 is 0 Å². The average molecular weight is 414 g/mol. The van der Waals surface area contributed by atoms with Gasteiger partial charge in [-0.15, -0.1) is 5.11 Å². The van der Waals surface area contributed by atoms with Crippen LogP contribution in [0.1, 0.15) is 52.4 Å². The molecule has 7 nitrogen and oxygen atoms in total. The molecule has 1 N–H and O–H groups in total. The Morgan fingerprint density at radius 3 is 2.70 bits per heavy atom. The van der Waals surface area contributed by atoms with Gasteiger partial charge in [0.05, 0.1) is 31.7 Å². The number of alkyl halides is 1. The molecule has 1 atom stereocenters. The maximum Gasteiger partial charge on any atom is 0.260 e. The summed E-state index contributed by atoms with van der Waals surface area (Å²) >= 11 is 0. The van der Waals surface area contributed by atoms with Crippen LogP contribution in [0.3, 0.4) is 0 Å². The number of hydrogen-bond donors (Lipinski definition) is 1. The summed E-state index contributed by atoms with van der Waals surface area (Å²) < 4.78 is 20.9. The first-order valence-electron chi connectivity index (χ1n) is 10.9. The Morgan fingerprint density at radius 2 is 2.00 bits per heavy atom. The van der Waals surface area contributed by atoms with Crippen LogP contribution in [0.4, 0.5) is 4.39 Å². The topological polar surface area (TPSA) is 83.4 Å². The zero-order chi connectivity index (χ0) is 20.9. The van der Waals surface area contributed by atoms with Crippen molar-refractivity contribution in [3.8, 4) is 0 Å². The minimum atomic E-state index is -1.67. The van der Waals surface area contributed by atoms with Crippen molar-refractivity contribution in [2.75, 3.05) is 26.2 Å². The van der Waals surface area contributed by atoms with Gasteiger partial charge in [-0.05, 0) is 37.5 Å². The molecule has 6 aliphatic rings. The van der Waals surface area contributed by atoms with E-state index in [-0.39, 0.29) is 11.2 Å². The number of fused-ring (bicyclic) bond motifs is 2. The third-order valence-electron chi connectivity index (χ3n) is 7.91. The van der Waals surface area contributed by atoms with E-state index in [1.165, 1.54) is 0 Å². The Kier molecular flexibility index (Phi) is 3.47. The third-order valence-corrected chi connectivity index (χ3v) is 7.91. The SMILES string of the molecule is CC1(C)CC(=O)C2=C(C1)NC1=C(CN=N1)[C@]21COC2(CN(C(=O)C3(F)CCC3)C2)C1. The Morgan fingerprint density at radius 1 is 1.23 bits per heavy atom. The number of dihydropyridines is 1. The normalized spacial score (nSPS) is 34.6. The number of carbonyl (C=O) groups is 2. The quantitative estimate of drug-likeness (QED) is 0.715. The van der Waals surface area contributed by atoms with E-state index in [1.807, 2.05) is 0 Å². The molecule has 1 amide bonds.